The van der Waals surface area contributed by atoms with E-state index in [1.165, 1.54) is 0 Å². The molecule has 0 fully saturated rings. The second-order valence-electron chi connectivity index (χ2n) is 3.80. The van der Waals surface area contributed by atoms with Crippen molar-refractivity contribution in [1.29, 1.82) is 0 Å². The maximum Gasteiger partial charge on any atom is 0.118 e. The van der Waals surface area contributed by atoms with Gasteiger partial charge in [-0.1, -0.05) is 45.7 Å². The van der Waals surface area contributed by atoms with Crippen LogP contribution in [0.4, 0.5) is 0 Å². The van der Waals surface area contributed by atoms with Crippen molar-refractivity contribution < 1.29 is 4.74 Å². The summed E-state index contributed by atoms with van der Waals surface area (Å²) >= 11 is 15.9. The van der Waals surface area contributed by atoms with Crippen molar-refractivity contribution in [3.8, 4) is 5.75 Å². The first-order valence-electron chi connectivity index (χ1n) is 5.35. The molecule has 0 saturated heterocycles. The number of hydrogen-bond donors (Lipinski definition) is 0. The largest absolute Gasteiger partial charge is 0.497 e. The van der Waals surface area contributed by atoms with Gasteiger partial charge in [-0.2, -0.15) is 0 Å². The number of ether oxygens (including phenoxy) is 1. The molecule has 0 amide bonds. The lowest BCUT2D eigenvalue weighted by atomic mass is 10.0. The molecular formula is C14H11BrCl2O. The maximum absolute atomic E-state index is 6.47. The highest BCUT2D eigenvalue weighted by atomic mass is 79.9. The number of hydrogen-bond acceptors (Lipinski definition) is 1. The molecule has 0 saturated carbocycles. The Morgan fingerprint density at radius 2 is 1.78 bits per heavy atom. The molecule has 0 radical (unpaired) electrons. The Balaban J connectivity index is 2.31. The number of halogens is 3. The van der Waals surface area contributed by atoms with Crippen LogP contribution in [0.1, 0.15) is 16.5 Å². The van der Waals surface area contributed by atoms with E-state index in [0.717, 1.165) is 21.3 Å². The molecule has 1 atom stereocenters. The molecule has 0 spiro atoms. The minimum absolute atomic E-state index is 0.220. The van der Waals surface area contributed by atoms with Crippen LogP contribution in [-0.4, -0.2) is 7.11 Å². The molecule has 0 heterocycles. The zero-order valence-electron chi connectivity index (χ0n) is 9.66. The quantitative estimate of drug-likeness (QED) is 0.673. The maximum atomic E-state index is 6.47. The highest BCUT2D eigenvalue weighted by molar-refractivity contribution is 9.10. The molecule has 2 rings (SSSR count). The van der Waals surface area contributed by atoms with Crippen LogP contribution in [0.3, 0.4) is 0 Å². The molecule has 0 aliphatic rings. The number of alkyl halides is 1. The Hall–Kier alpha value is -0.700. The Morgan fingerprint density at radius 3 is 2.33 bits per heavy atom. The summed E-state index contributed by atoms with van der Waals surface area (Å²) in [5.74, 6) is 0.817. The first kappa shape index (κ1) is 13.7. The lowest BCUT2D eigenvalue weighted by Crippen LogP contribution is -1.94. The molecule has 0 N–H and O–H groups in total. The van der Waals surface area contributed by atoms with Gasteiger partial charge in [0.1, 0.15) is 5.75 Å². The third kappa shape index (κ3) is 3.00. The molecule has 0 aliphatic heterocycles. The van der Waals surface area contributed by atoms with Crippen molar-refractivity contribution in [1.82, 2.24) is 0 Å². The van der Waals surface area contributed by atoms with E-state index in [9.17, 15) is 0 Å². The molecule has 0 bridgehead atoms. The molecule has 0 aliphatic carbocycles. The monoisotopic (exact) mass is 344 g/mol. The van der Waals surface area contributed by atoms with Crippen LogP contribution in [0.25, 0.3) is 0 Å². The first-order chi connectivity index (χ1) is 8.61. The van der Waals surface area contributed by atoms with Crippen LogP contribution >= 0.6 is 39.1 Å². The average Bonchev–Trinajstić information content (AvgIpc) is 2.38. The van der Waals surface area contributed by atoms with Crippen molar-refractivity contribution in [2.45, 2.75) is 5.38 Å². The first-order valence-corrected chi connectivity index (χ1v) is 6.95. The molecule has 1 nitrogen and oxygen atoms in total. The van der Waals surface area contributed by atoms with Crippen molar-refractivity contribution >= 4 is 39.1 Å². The minimum Gasteiger partial charge on any atom is -0.497 e. The van der Waals surface area contributed by atoms with Gasteiger partial charge in [0, 0.05) is 9.50 Å². The second-order valence-corrected chi connectivity index (χ2v) is 5.53. The fourth-order valence-electron chi connectivity index (χ4n) is 1.66. The minimum atomic E-state index is -0.220. The van der Waals surface area contributed by atoms with Gasteiger partial charge in [-0.3, -0.25) is 0 Å². The van der Waals surface area contributed by atoms with Gasteiger partial charge in [0.25, 0.3) is 0 Å². The van der Waals surface area contributed by atoms with Crippen LogP contribution in [0.15, 0.2) is 46.9 Å². The topological polar surface area (TPSA) is 9.23 Å². The fourth-order valence-corrected chi connectivity index (χ4v) is 3.04. The zero-order valence-corrected chi connectivity index (χ0v) is 12.8. The van der Waals surface area contributed by atoms with E-state index >= 15 is 0 Å². The van der Waals surface area contributed by atoms with E-state index in [0.29, 0.717) is 5.02 Å². The predicted molar refractivity (Wildman–Crippen MR) is 79.8 cm³/mol. The standard InChI is InChI=1S/C14H11BrCl2O/c1-18-11-5-2-9(3-6-11)14(17)12-7-4-10(16)8-13(12)15/h2-8,14H,1H3. The predicted octanol–water partition coefficient (Wildman–Crippen LogP) is 5.44. The molecule has 4 heteroatoms. The van der Waals surface area contributed by atoms with E-state index in [2.05, 4.69) is 15.9 Å². The van der Waals surface area contributed by atoms with E-state index in [4.69, 9.17) is 27.9 Å². The van der Waals surface area contributed by atoms with Gasteiger partial charge in [0.2, 0.25) is 0 Å². The van der Waals surface area contributed by atoms with Gasteiger partial charge < -0.3 is 4.74 Å². The van der Waals surface area contributed by atoms with E-state index in [1.807, 2.05) is 42.5 Å². The molecule has 18 heavy (non-hydrogen) atoms. The lowest BCUT2D eigenvalue weighted by Gasteiger charge is -2.13. The molecule has 2 aromatic rings. The SMILES string of the molecule is COc1ccc(C(Cl)c2ccc(Cl)cc2Br)cc1. The smallest absolute Gasteiger partial charge is 0.118 e. The third-order valence-corrected chi connectivity index (χ3v) is 4.05. The number of benzene rings is 2. The zero-order chi connectivity index (χ0) is 13.1. The van der Waals surface area contributed by atoms with Crippen molar-refractivity contribution in [3.05, 3.63) is 63.1 Å². The molecule has 1 unspecified atom stereocenters. The molecular weight excluding hydrogens is 335 g/mol. The third-order valence-electron chi connectivity index (χ3n) is 2.64. The van der Waals surface area contributed by atoms with Crippen LogP contribution in [-0.2, 0) is 0 Å². The number of rotatable bonds is 3. The summed E-state index contributed by atoms with van der Waals surface area (Å²) < 4.78 is 6.03. The van der Waals surface area contributed by atoms with Gasteiger partial charge in [-0.15, -0.1) is 11.6 Å². The summed E-state index contributed by atoms with van der Waals surface area (Å²) in [6.07, 6.45) is 0. The summed E-state index contributed by atoms with van der Waals surface area (Å²) in [5.41, 5.74) is 2.01. The van der Waals surface area contributed by atoms with E-state index in [1.54, 1.807) is 7.11 Å². The van der Waals surface area contributed by atoms with Crippen LogP contribution in [0, 0.1) is 0 Å². The van der Waals surface area contributed by atoms with Crippen molar-refractivity contribution in [3.63, 3.8) is 0 Å². The highest BCUT2D eigenvalue weighted by Crippen LogP contribution is 2.35. The summed E-state index contributed by atoms with van der Waals surface area (Å²) in [5, 5.41) is 0.465. The number of methoxy groups -OCH3 is 1. The van der Waals surface area contributed by atoms with E-state index < -0.39 is 0 Å². The van der Waals surface area contributed by atoms with Crippen molar-refractivity contribution in [2.24, 2.45) is 0 Å². The highest BCUT2D eigenvalue weighted by Gasteiger charge is 2.14. The lowest BCUT2D eigenvalue weighted by molar-refractivity contribution is 0.414. The second kappa shape index (κ2) is 5.96. The van der Waals surface area contributed by atoms with Crippen LogP contribution in [0.2, 0.25) is 5.02 Å². The van der Waals surface area contributed by atoms with E-state index in [-0.39, 0.29) is 5.38 Å². The Kier molecular flexibility index (Phi) is 4.55. The molecule has 0 aromatic heterocycles. The van der Waals surface area contributed by atoms with Gasteiger partial charge in [0.15, 0.2) is 0 Å². The summed E-state index contributed by atoms with van der Waals surface area (Å²) in [6, 6.07) is 13.3. The summed E-state index contributed by atoms with van der Waals surface area (Å²) in [7, 11) is 1.64. The van der Waals surface area contributed by atoms with Gasteiger partial charge >= 0.3 is 0 Å². The normalized spacial score (nSPS) is 12.2. The van der Waals surface area contributed by atoms with Gasteiger partial charge in [-0.25, -0.2) is 0 Å². The fraction of sp³-hybridized carbons (Fsp3) is 0.143. The molecule has 94 valence electrons. The van der Waals surface area contributed by atoms with Crippen molar-refractivity contribution in [2.75, 3.05) is 7.11 Å². The van der Waals surface area contributed by atoms with Crippen LogP contribution < -0.4 is 4.74 Å². The van der Waals surface area contributed by atoms with Gasteiger partial charge in [-0.05, 0) is 35.4 Å². The molecule has 2 aromatic carbocycles. The Labute approximate surface area is 125 Å². The Morgan fingerprint density at radius 1 is 1.11 bits per heavy atom. The summed E-state index contributed by atoms with van der Waals surface area (Å²) in [4.78, 5) is 0. The van der Waals surface area contributed by atoms with Crippen LogP contribution in [0.5, 0.6) is 5.75 Å². The average molecular weight is 346 g/mol. The summed E-state index contributed by atoms with van der Waals surface area (Å²) in [6.45, 7) is 0. The Bertz CT molecular complexity index is 540. The van der Waals surface area contributed by atoms with Gasteiger partial charge in [0.05, 0.1) is 12.5 Å².